The lowest BCUT2D eigenvalue weighted by Gasteiger charge is -2.19. The summed E-state index contributed by atoms with van der Waals surface area (Å²) in [6.07, 6.45) is 0.863. The Hall–Kier alpha value is -1.55. The van der Waals surface area contributed by atoms with E-state index in [9.17, 15) is 9.90 Å². The maximum absolute atomic E-state index is 12.0. The van der Waals surface area contributed by atoms with E-state index < -0.39 is 6.04 Å². The molecule has 1 aromatic carbocycles. The standard InChI is InChI=1S/C14H22N2O2/c1-5-8(2)13(15)14(18)16-11-6-10(4)12(17)7-9(11)3/h6-8,13,17H,5,15H2,1-4H3,(H,16,18)/t8?,13-/m0/s1. The molecule has 4 N–H and O–H groups in total. The molecule has 18 heavy (non-hydrogen) atoms. The van der Waals surface area contributed by atoms with Crippen LogP contribution in [0.1, 0.15) is 31.4 Å². The van der Waals surface area contributed by atoms with Gasteiger partial charge in [-0.25, -0.2) is 0 Å². The van der Waals surface area contributed by atoms with Crippen LogP contribution in [0.15, 0.2) is 12.1 Å². The Morgan fingerprint density at radius 1 is 1.39 bits per heavy atom. The molecule has 0 spiro atoms. The molecule has 0 fully saturated rings. The van der Waals surface area contributed by atoms with Gasteiger partial charge in [0.25, 0.3) is 0 Å². The molecule has 0 bridgehead atoms. The van der Waals surface area contributed by atoms with Crippen molar-refractivity contribution < 1.29 is 9.90 Å². The van der Waals surface area contributed by atoms with Crippen LogP contribution in [0.2, 0.25) is 0 Å². The lowest BCUT2D eigenvalue weighted by atomic mass is 9.99. The van der Waals surface area contributed by atoms with E-state index in [1.807, 2.05) is 20.8 Å². The van der Waals surface area contributed by atoms with E-state index in [1.165, 1.54) is 0 Å². The maximum atomic E-state index is 12.0. The Labute approximate surface area is 108 Å². The molecule has 1 rings (SSSR count). The van der Waals surface area contributed by atoms with Crippen molar-refractivity contribution in [3.63, 3.8) is 0 Å². The minimum atomic E-state index is -0.511. The zero-order valence-corrected chi connectivity index (χ0v) is 11.4. The average molecular weight is 250 g/mol. The Balaban J connectivity index is 2.85. The lowest BCUT2D eigenvalue weighted by molar-refractivity contribution is -0.118. The molecule has 100 valence electrons. The normalized spacial score (nSPS) is 14.1. The summed E-state index contributed by atoms with van der Waals surface area (Å²) in [6, 6.07) is 2.88. The van der Waals surface area contributed by atoms with E-state index in [0.29, 0.717) is 5.69 Å². The SMILES string of the molecule is CCC(C)[C@H](N)C(=O)Nc1cc(C)c(O)cc1C. The number of carbonyl (C=O) groups is 1. The molecule has 1 amide bonds. The molecule has 0 aromatic heterocycles. The number of rotatable bonds is 4. The number of carbonyl (C=O) groups excluding carboxylic acids is 1. The number of aryl methyl sites for hydroxylation is 2. The van der Waals surface area contributed by atoms with Gasteiger partial charge in [0.2, 0.25) is 5.91 Å². The van der Waals surface area contributed by atoms with Gasteiger partial charge in [-0.05, 0) is 43.0 Å². The predicted molar refractivity (Wildman–Crippen MR) is 73.6 cm³/mol. The second-order valence-electron chi connectivity index (χ2n) is 4.85. The van der Waals surface area contributed by atoms with Gasteiger partial charge in [-0.15, -0.1) is 0 Å². The molecule has 0 saturated carbocycles. The van der Waals surface area contributed by atoms with Crippen LogP contribution in [0.4, 0.5) is 5.69 Å². The van der Waals surface area contributed by atoms with Crippen LogP contribution in [-0.2, 0) is 4.79 Å². The highest BCUT2D eigenvalue weighted by Crippen LogP contribution is 2.25. The highest BCUT2D eigenvalue weighted by molar-refractivity contribution is 5.95. The molecule has 0 aliphatic carbocycles. The minimum Gasteiger partial charge on any atom is -0.508 e. The number of hydrogen-bond donors (Lipinski definition) is 3. The topological polar surface area (TPSA) is 75.4 Å². The zero-order valence-electron chi connectivity index (χ0n) is 11.4. The zero-order chi connectivity index (χ0) is 13.9. The summed E-state index contributed by atoms with van der Waals surface area (Å²) in [5.41, 5.74) is 8.13. The van der Waals surface area contributed by atoms with Crippen LogP contribution < -0.4 is 11.1 Å². The molecule has 0 heterocycles. The minimum absolute atomic E-state index is 0.142. The van der Waals surface area contributed by atoms with Crippen LogP contribution in [0, 0.1) is 19.8 Å². The van der Waals surface area contributed by atoms with Gasteiger partial charge in [0.05, 0.1) is 6.04 Å². The molecule has 1 aromatic rings. The summed E-state index contributed by atoms with van der Waals surface area (Å²) >= 11 is 0. The van der Waals surface area contributed by atoms with Crippen molar-refractivity contribution >= 4 is 11.6 Å². The first-order chi connectivity index (χ1) is 8.36. The highest BCUT2D eigenvalue weighted by Gasteiger charge is 2.20. The summed E-state index contributed by atoms with van der Waals surface area (Å²) < 4.78 is 0. The largest absolute Gasteiger partial charge is 0.508 e. The first kappa shape index (κ1) is 14.5. The van der Waals surface area contributed by atoms with Crippen molar-refractivity contribution in [1.29, 1.82) is 0 Å². The van der Waals surface area contributed by atoms with Crippen LogP contribution in [0.25, 0.3) is 0 Å². The van der Waals surface area contributed by atoms with Gasteiger partial charge < -0.3 is 16.2 Å². The van der Waals surface area contributed by atoms with E-state index >= 15 is 0 Å². The number of hydrogen-bond acceptors (Lipinski definition) is 3. The maximum Gasteiger partial charge on any atom is 0.241 e. The van der Waals surface area contributed by atoms with Gasteiger partial charge in [-0.1, -0.05) is 20.3 Å². The fourth-order valence-electron chi connectivity index (χ4n) is 1.66. The summed E-state index contributed by atoms with van der Waals surface area (Å²) in [6.45, 7) is 7.59. The van der Waals surface area contributed by atoms with Gasteiger partial charge in [-0.3, -0.25) is 4.79 Å². The van der Waals surface area contributed by atoms with Crippen molar-refractivity contribution in [1.82, 2.24) is 0 Å². The van der Waals surface area contributed by atoms with Crippen molar-refractivity contribution in [2.45, 2.75) is 40.2 Å². The Morgan fingerprint density at radius 3 is 2.56 bits per heavy atom. The van der Waals surface area contributed by atoms with Crippen molar-refractivity contribution in [2.75, 3.05) is 5.32 Å². The summed E-state index contributed by atoms with van der Waals surface area (Å²) in [4.78, 5) is 12.0. The molecule has 0 aliphatic heterocycles. The molecular weight excluding hydrogens is 228 g/mol. The first-order valence-electron chi connectivity index (χ1n) is 6.23. The summed E-state index contributed by atoms with van der Waals surface area (Å²) in [7, 11) is 0. The Kier molecular flexibility index (Phi) is 4.73. The third-order valence-electron chi connectivity index (χ3n) is 3.36. The van der Waals surface area contributed by atoms with Gasteiger partial charge >= 0.3 is 0 Å². The average Bonchev–Trinajstić information content (AvgIpc) is 2.33. The molecule has 2 atom stereocenters. The Morgan fingerprint density at radius 2 is 2.00 bits per heavy atom. The monoisotopic (exact) mass is 250 g/mol. The molecule has 1 unspecified atom stereocenters. The molecule has 0 saturated heterocycles. The number of anilines is 1. The third kappa shape index (κ3) is 3.23. The Bertz CT molecular complexity index is 444. The van der Waals surface area contributed by atoms with Gasteiger partial charge in [-0.2, -0.15) is 0 Å². The van der Waals surface area contributed by atoms with E-state index in [0.717, 1.165) is 17.5 Å². The second-order valence-corrected chi connectivity index (χ2v) is 4.85. The number of aromatic hydroxyl groups is 1. The van der Waals surface area contributed by atoms with Crippen molar-refractivity contribution in [3.05, 3.63) is 23.3 Å². The van der Waals surface area contributed by atoms with Crippen LogP contribution in [-0.4, -0.2) is 17.1 Å². The first-order valence-corrected chi connectivity index (χ1v) is 6.23. The number of phenolic OH excluding ortho intramolecular Hbond substituents is 1. The number of phenols is 1. The van der Waals surface area contributed by atoms with Gasteiger partial charge in [0.15, 0.2) is 0 Å². The fourth-order valence-corrected chi connectivity index (χ4v) is 1.66. The number of amides is 1. The van der Waals surface area contributed by atoms with Crippen LogP contribution in [0.5, 0.6) is 5.75 Å². The highest BCUT2D eigenvalue weighted by atomic mass is 16.3. The summed E-state index contributed by atoms with van der Waals surface area (Å²) in [5.74, 6) is 0.192. The van der Waals surface area contributed by atoms with Gasteiger partial charge in [0, 0.05) is 5.69 Å². The molecule has 0 aliphatic rings. The third-order valence-corrected chi connectivity index (χ3v) is 3.36. The fraction of sp³-hybridized carbons (Fsp3) is 0.500. The smallest absolute Gasteiger partial charge is 0.241 e. The molecule has 0 radical (unpaired) electrons. The van der Waals surface area contributed by atoms with E-state index in [4.69, 9.17) is 5.73 Å². The summed E-state index contributed by atoms with van der Waals surface area (Å²) in [5, 5.41) is 12.4. The number of nitrogens with one attached hydrogen (secondary N) is 1. The molecule has 4 nitrogen and oxygen atoms in total. The van der Waals surface area contributed by atoms with Crippen molar-refractivity contribution in [2.24, 2.45) is 11.7 Å². The second kappa shape index (κ2) is 5.87. The number of benzene rings is 1. The lowest BCUT2D eigenvalue weighted by Crippen LogP contribution is -2.40. The molecular formula is C14H22N2O2. The predicted octanol–water partition coefficient (Wildman–Crippen LogP) is 2.32. The van der Waals surface area contributed by atoms with Crippen molar-refractivity contribution in [3.8, 4) is 5.75 Å². The van der Waals surface area contributed by atoms with Crippen LogP contribution in [0.3, 0.4) is 0 Å². The quantitative estimate of drug-likeness (QED) is 0.718. The molecule has 4 heteroatoms. The van der Waals surface area contributed by atoms with E-state index in [1.54, 1.807) is 19.1 Å². The van der Waals surface area contributed by atoms with E-state index in [-0.39, 0.29) is 17.6 Å². The van der Waals surface area contributed by atoms with E-state index in [2.05, 4.69) is 5.32 Å². The van der Waals surface area contributed by atoms with Gasteiger partial charge in [0.1, 0.15) is 5.75 Å². The number of nitrogens with two attached hydrogens (primary N) is 1. The van der Waals surface area contributed by atoms with Crippen LogP contribution >= 0.6 is 0 Å².